The quantitative estimate of drug-likeness (QED) is 0.529. The molecular formula is C25H38N4O2. The molecule has 170 valence electrons. The second kappa shape index (κ2) is 11.7. The summed E-state index contributed by atoms with van der Waals surface area (Å²) in [7, 11) is 1.83. The lowest BCUT2D eigenvalue weighted by atomic mass is 10.1. The van der Waals surface area contributed by atoms with Gasteiger partial charge in [0.1, 0.15) is 0 Å². The van der Waals surface area contributed by atoms with Crippen LogP contribution in [0.3, 0.4) is 0 Å². The number of nitrogens with zero attached hydrogens (tertiary/aromatic N) is 4. The van der Waals surface area contributed by atoms with Crippen LogP contribution >= 0.6 is 0 Å². The Kier molecular flexibility index (Phi) is 9.28. The Morgan fingerprint density at radius 1 is 0.968 bits per heavy atom. The van der Waals surface area contributed by atoms with Crippen LogP contribution < -0.4 is 0 Å². The molecule has 1 heterocycles. The molecule has 0 aliphatic rings. The van der Waals surface area contributed by atoms with Crippen LogP contribution in [0.2, 0.25) is 0 Å². The van der Waals surface area contributed by atoms with Crippen molar-refractivity contribution in [1.29, 1.82) is 0 Å². The molecule has 2 amide bonds. The summed E-state index contributed by atoms with van der Waals surface area (Å²) < 4.78 is 1.97. The Bertz CT molecular complexity index is 882. The summed E-state index contributed by atoms with van der Waals surface area (Å²) in [4.78, 5) is 28.8. The van der Waals surface area contributed by atoms with Crippen LogP contribution in [0.1, 0.15) is 68.5 Å². The van der Waals surface area contributed by atoms with Crippen molar-refractivity contribution in [3.8, 4) is 5.69 Å². The molecule has 1 aromatic carbocycles. The maximum atomic E-state index is 12.7. The highest BCUT2D eigenvalue weighted by Crippen LogP contribution is 2.21. The average Bonchev–Trinajstić information content (AvgIpc) is 3.01. The first-order valence-electron chi connectivity index (χ1n) is 11.4. The van der Waals surface area contributed by atoms with Gasteiger partial charge in [-0.15, -0.1) is 0 Å². The molecule has 2 rings (SSSR count). The molecule has 31 heavy (non-hydrogen) atoms. The third kappa shape index (κ3) is 6.42. The molecule has 0 saturated heterocycles. The summed E-state index contributed by atoms with van der Waals surface area (Å²) in [6.45, 7) is 12.4. The van der Waals surface area contributed by atoms with E-state index in [0.29, 0.717) is 25.8 Å². The second-order valence-electron chi connectivity index (χ2n) is 8.33. The zero-order valence-electron chi connectivity index (χ0n) is 20.1. The first-order chi connectivity index (χ1) is 14.8. The summed E-state index contributed by atoms with van der Waals surface area (Å²) >= 11 is 0. The molecule has 0 bridgehead atoms. The predicted molar refractivity (Wildman–Crippen MR) is 125 cm³/mol. The molecule has 0 aliphatic heterocycles. The first kappa shape index (κ1) is 24.6. The number of benzene rings is 1. The van der Waals surface area contributed by atoms with Crippen LogP contribution in [0.5, 0.6) is 0 Å². The summed E-state index contributed by atoms with van der Waals surface area (Å²) in [5, 5.41) is 4.72. The van der Waals surface area contributed by atoms with E-state index in [0.717, 1.165) is 54.1 Å². The molecule has 2 aromatic rings. The van der Waals surface area contributed by atoms with Gasteiger partial charge in [-0.05, 0) is 51.7 Å². The van der Waals surface area contributed by atoms with E-state index in [2.05, 4.69) is 39.8 Å². The van der Waals surface area contributed by atoms with Crippen molar-refractivity contribution >= 4 is 11.8 Å². The van der Waals surface area contributed by atoms with Gasteiger partial charge in [0.15, 0.2) is 0 Å². The van der Waals surface area contributed by atoms with Crippen LogP contribution in [-0.2, 0) is 16.1 Å². The molecule has 1 aromatic heterocycles. The van der Waals surface area contributed by atoms with Crippen LogP contribution in [0.4, 0.5) is 0 Å². The molecule has 6 nitrogen and oxygen atoms in total. The summed E-state index contributed by atoms with van der Waals surface area (Å²) in [6.07, 6.45) is 3.33. The average molecular weight is 427 g/mol. The fourth-order valence-corrected chi connectivity index (χ4v) is 3.91. The minimum atomic E-state index is 0.0628. The van der Waals surface area contributed by atoms with E-state index in [-0.39, 0.29) is 11.8 Å². The normalized spacial score (nSPS) is 10.9. The smallest absolute Gasteiger partial charge is 0.222 e. The lowest BCUT2D eigenvalue weighted by Crippen LogP contribution is -2.32. The van der Waals surface area contributed by atoms with Crippen molar-refractivity contribution < 1.29 is 9.59 Å². The van der Waals surface area contributed by atoms with Gasteiger partial charge in [-0.3, -0.25) is 9.59 Å². The highest BCUT2D eigenvalue weighted by Gasteiger charge is 2.18. The number of rotatable bonds is 11. The Hall–Kier alpha value is -2.63. The van der Waals surface area contributed by atoms with Gasteiger partial charge >= 0.3 is 0 Å². The zero-order chi connectivity index (χ0) is 23.0. The largest absolute Gasteiger partial charge is 0.343 e. The molecular weight excluding hydrogens is 388 g/mol. The molecule has 6 heteroatoms. The van der Waals surface area contributed by atoms with Gasteiger partial charge in [0.2, 0.25) is 11.8 Å². The number of hydrogen-bond donors (Lipinski definition) is 0. The van der Waals surface area contributed by atoms with Crippen LogP contribution in [0.25, 0.3) is 5.69 Å². The first-order valence-corrected chi connectivity index (χ1v) is 11.4. The minimum absolute atomic E-state index is 0.0628. The van der Waals surface area contributed by atoms with Gasteiger partial charge in [-0.2, -0.15) is 5.10 Å². The van der Waals surface area contributed by atoms with Crippen molar-refractivity contribution in [1.82, 2.24) is 19.6 Å². The van der Waals surface area contributed by atoms with E-state index in [1.165, 1.54) is 0 Å². The third-order valence-electron chi connectivity index (χ3n) is 5.73. The Labute approximate surface area is 187 Å². The molecule has 0 unspecified atom stereocenters. The van der Waals surface area contributed by atoms with E-state index in [1.54, 1.807) is 4.90 Å². The number of carbonyl (C=O) groups is 2. The van der Waals surface area contributed by atoms with Crippen LogP contribution in [0.15, 0.2) is 24.3 Å². The van der Waals surface area contributed by atoms with E-state index in [1.807, 2.05) is 35.7 Å². The number of carbonyl (C=O) groups excluding carboxylic acids is 2. The maximum absolute atomic E-state index is 12.7. The van der Waals surface area contributed by atoms with Gasteiger partial charge in [-0.25, -0.2) is 4.68 Å². The van der Waals surface area contributed by atoms with Crippen molar-refractivity contribution in [2.45, 2.75) is 73.3 Å². The summed E-state index contributed by atoms with van der Waals surface area (Å²) in [6, 6.07) is 8.17. The van der Waals surface area contributed by atoms with Crippen molar-refractivity contribution in [2.75, 3.05) is 20.1 Å². The molecule has 0 saturated carbocycles. The standard InChI is InChI=1S/C25H38N4O2/c1-7-16-28(17-8-2)25(31)15-11-14-24(30)27(6)18-22-20(4)26-29(21(22)5)23-13-10-9-12-19(23)3/h9-10,12-13H,7-8,11,14-18H2,1-6H3. The van der Waals surface area contributed by atoms with Crippen molar-refractivity contribution in [3.63, 3.8) is 0 Å². The van der Waals surface area contributed by atoms with Crippen molar-refractivity contribution in [3.05, 3.63) is 46.8 Å². The Morgan fingerprint density at radius 3 is 2.19 bits per heavy atom. The number of aromatic nitrogens is 2. The lowest BCUT2D eigenvalue weighted by Gasteiger charge is -2.22. The summed E-state index contributed by atoms with van der Waals surface area (Å²) in [5.41, 5.74) is 5.29. The monoisotopic (exact) mass is 426 g/mol. The molecule has 0 atom stereocenters. The molecule has 0 spiro atoms. The third-order valence-corrected chi connectivity index (χ3v) is 5.73. The van der Waals surface area contributed by atoms with Gasteiger partial charge < -0.3 is 9.80 Å². The highest BCUT2D eigenvalue weighted by molar-refractivity contribution is 5.79. The molecule has 0 N–H and O–H groups in total. The minimum Gasteiger partial charge on any atom is -0.343 e. The maximum Gasteiger partial charge on any atom is 0.222 e. The highest BCUT2D eigenvalue weighted by atomic mass is 16.2. The fraction of sp³-hybridized carbons (Fsp3) is 0.560. The van der Waals surface area contributed by atoms with Gasteiger partial charge in [0, 0.05) is 50.8 Å². The van der Waals surface area contributed by atoms with E-state index >= 15 is 0 Å². The second-order valence-corrected chi connectivity index (χ2v) is 8.33. The van der Waals surface area contributed by atoms with Crippen LogP contribution in [0, 0.1) is 20.8 Å². The molecule has 0 radical (unpaired) electrons. The number of para-hydroxylation sites is 1. The number of aryl methyl sites for hydroxylation is 2. The van der Waals surface area contributed by atoms with E-state index < -0.39 is 0 Å². The van der Waals surface area contributed by atoms with Gasteiger partial charge in [-0.1, -0.05) is 32.0 Å². The number of amides is 2. The predicted octanol–water partition coefficient (Wildman–Crippen LogP) is 4.57. The summed E-state index contributed by atoms with van der Waals surface area (Å²) in [5.74, 6) is 0.220. The fourth-order valence-electron chi connectivity index (χ4n) is 3.91. The molecule has 0 aliphatic carbocycles. The molecule has 0 fully saturated rings. The Balaban J connectivity index is 1.96. The number of hydrogen-bond acceptors (Lipinski definition) is 3. The van der Waals surface area contributed by atoms with E-state index in [4.69, 9.17) is 5.10 Å². The Morgan fingerprint density at radius 2 is 1.58 bits per heavy atom. The van der Waals surface area contributed by atoms with Crippen molar-refractivity contribution in [2.24, 2.45) is 0 Å². The van der Waals surface area contributed by atoms with Crippen LogP contribution in [-0.4, -0.2) is 51.5 Å². The van der Waals surface area contributed by atoms with Gasteiger partial charge in [0.25, 0.3) is 0 Å². The van der Waals surface area contributed by atoms with Gasteiger partial charge in [0.05, 0.1) is 11.4 Å². The lowest BCUT2D eigenvalue weighted by molar-refractivity contribution is -0.132. The topological polar surface area (TPSA) is 58.4 Å². The SMILES string of the molecule is CCCN(CCC)C(=O)CCCC(=O)N(C)Cc1c(C)nn(-c2ccccc2C)c1C. The zero-order valence-corrected chi connectivity index (χ0v) is 20.1. The van der Waals surface area contributed by atoms with E-state index in [9.17, 15) is 9.59 Å².